The Morgan fingerprint density at radius 3 is 2.65 bits per heavy atom. The first-order chi connectivity index (χ1) is 16.4. The molecule has 2 amide bonds. The Hall–Kier alpha value is -4.66. The second kappa shape index (κ2) is 9.86. The summed E-state index contributed by atoms with van der Waals surface area (Å²) < 4.78 is 15.0. The number of rotatable bonds is 8. The quantitative estimate of drug-likeness (QED) is 0.395. The highest BCUT2D eigenvalue weighted by Crippen LogP contribution is 2.27. The van der Waals surface area contributed by atoms with Crippen molar-refractivity contribution >= 4 is 11.8 Å². The molecule has 34 heavy (non-hydrogen) atoms. The SMILES string of the molecule is C=CC(=O)NCc1cnc(-c2ccc(F)cc2)cc1-c1ccn(Cc2cccc(C(N)=O)n2)n1. The summed E-state index contributed by atoms with van der Waals surface area (Å²) in [6.45, 7) is 4.03. The lowest BCUT2D eigenvalue weighted by Crippen LogP contribution is -2.20. The lowest BCUT2D eigenvalue weighted by Gasteiger charge is -2.11. The van der Waals surface area contributed by atoms with Crippen LogP contribution < -0.4 is 11.1 Å². The van der Waals surface area contributed by atoms with Crippen LogP contribution >= 0.6 is 0 Å². The van der Waals surface area contributed by atoms with Gasteiger partial charge in [0.05, 0.1) is 23.6 Å². The molecule has 0 fully saturated rings. The number of aromatic nitrogens is 4. The summed E-state index contributed by atoms with van der Waals surface area (Å²) in [5.74, 6) is -1.24. The largest absolute Gasteiger partial charge is 0.364 e. The Balaban J connectivity index is 1.67. The molecular formula is C25H21FN6O2. The minimum atomic E-state index is -0.598. The van der Waals surface area contributed by atoms with Gasteiger partial charge in [-0.1, -0.05) is 12.6 Å². The van der Waals surface area contributed by atoms with Gasteiger partial charge in [0.1, 0.15) is 11.5 Å². The van der Waals surface area contributed by atoms with Gasteiger partial charge in [-0.05, 0) is 60.2 Å². The number of hydrogen-bond donors (Lipinski definition) is 2. The first-order valence-corrected chi connectivity index (χ1v) is 10.4. The number of carbonyl (C=O) groups excluding carboxylic acids is 2. The molecule has 0 saturated heterocycles. The van der Waals surface area contributed by atoms with E-state index in [1.165, 1.54) is 18.2 Å². The maximum atomic E-state index is 13.4. The van der Waals surface area contributed by atoms with Crippen LogP contribution in [0.1, 0.15) is 21.7 Å². The highest BCUT2D eigenvalue weighted by Gasteiger charge is 2.13. The van der Waals surface area contributed by atoms with Gasteiger partial charge in [0.25, 0.3) is 5.91 Å². The predicted octanol–water partition coefficient (Wildman–Crippen LogP) is 3.10. The molecule has 1 aromatic carbocycles. The van der Waals surface area contributed by atoms with E-state index in [0.29, 0.717) is 23.6 Å². The summed E-state index contributed by atoms with van der Waals surface area (Å²) in [6.07, 6.45) is 4.65. The summed E-state index contributed by atoms with van der Waals surface area (Å²) in [7, 11) is 0. The van der Waals surface area contributed by atoms with Crippen LogP contribution in [0.25, 0.3) is 22.5 Å². The topological polar surface area (TPSA) is 116 Å². The third-order valence-corrected chi connectivity index (χ3v) is 5.06. The average Bonchev–Trinajstić information content (AvgIpc) is 3.31. The van der Waals surface area contributed by atoms with Gasteiger partial charge in [0.2, 0.25) is 5.91 Å². The summed E-state index contributed by atoms with van der Waals surface area (Å²) in [4.78, 5) is 31.8. The number of carbonyl (C=O) groups is 2. The van der Waals surface area contributed by atoms with Gasteiger partial charge in [-0.2, -0.15) is 5.10 Å². The Labute approximate surface area is 195 Å². The number of primary amides is 1. The fraction of sp³-hybridized carbons (Fsp3) is 0.0800. The Kier molecular flexibility index (Phi) is 6.54. The number of benzene rings is 1. The van der Waals surface area contributed by atoms with E-state index in [1.807, 2.05) is 12.1 Å². The van der Waals surface area contributed by atoms with Crippen molar-refractivity contribution in [3.8, 4) is 22.5 Å². The number of halogens is 1. The number of hydrogen-bond acceptors (Lipinski definition) is 5. The monoisotopic (exact) mass is 456 g/mol. The molecule has 0 atom stereocenters. The Bertz CT molecular complexity index is 1360. The van der Waals surface area contributed by atoms with Gasteiger partial charge < -0.3 is 11.1 Å². The van der Waals surface area contributed by atoms with E-state index < -0.39 is 5.91 Å². The highest BCUT2D eigenvalue weighted by atomic mass is 19.1. The predicted molar refractivity (Wildman–Crippen MR) is 125 cm³/mol. The molecule has 4 rings (SSSR count). The standard InChI is InChI=1S/C25H21FN6O2/c1-2-24(33)29-14-17-13-28-23(16-6-8-18(26)9-7-16)12-20(17)21-10-11-32(31-21)15-19-4-3-5-22(30-19)25(27)34/h2-13H,1,14-15H2,(H2,27,34)(H,29,33). The Morgan fingerprint density at radius 1 is 1.12 bits per heavy atom. The first kappa shape index (κ1) is 22.5. The van der Waals surface area contributed by atoms with Crippen molar-refractivity contribution in [2.75, 3.05) is 0 Å². The van der Waals surface area contributed by atoms with Gasteiger partial charge in [-0.15, -0.1) is 0 Å². The van der Waals surface area contributed by atoms with E-state index in [1.54, 1.807) is 47.4 Å². The van der Waals surface area contributed by atoms with Crippen LogP contribution in [0.5, 0.6) is 0 Å². The van der Waals surface area contributed by atoms with Crippen molar-refractivity contribution in [1.29, 1.82) is 0 Å². The molecule has 170 valence electrons. The third-order valence-electron chi connectivity index (χ3n) is 5.06. The van der Waals surface area contributed by atoms with Crippen molar-refractivity contribution in [1.82, 2.24) is 25.1 Å². The van der Waals surface area contributed by atoms with Crippen molar-refractivity contribution in [2.45, 2.75) is 13.1 Å². The van der Waals surface area contributed by atoms with E-state index in [9.17, 15) is 14.0 Å². The van der Waals surface area contributed by atoms with E-state index in [2.05, 4.69) is 27.0 Å². The van der Waals surface area contributed by atoms with Crippen LogP contribution in [0.3, 0.4) is 0 Å². The van der Waals surface area contributed by atoms with Crippen LogP contribution in [0.15, 0.2) is 79.6 Å². The molecule has 0 spiro atoms. The maximum Gasteiger partial charge on any atom is 0.267 e. The minimum Gasteiger partial charge on any atom is -0.364 e. The molecule has 0 saturated carbocycles. The van der Waals surface area contributed by atoms with E-state index >= 15 is 0 Å². The second-order valence-corrected chi connectivity index (χ2v) is 7.43. The zero-order chi connectivity index (χ0) is 24.1. The lowest BCUT2D eigenvalue weighted by atomic mass is 10.0. The van der Waals surface area contributed by atoms with E-state index in [0.717, 1.165) is 16.7 Å². The van der Waals surface area contributed by atoms with Gasteiger partial charge in [-0.25, -0.2) is 9.37 Å². The molecule has 0 bridgehead atoms. The van der Waals surface area contributed by atoms with Crippen molar-refractivity contribution in [3.63, 3.8) is 0 Å². The fourth-order valence-electron chi connectivity index (χ4n) is 3.36. The fourth-order valence-corrected chi connectivity index (χ4v) is 3.36. The van der Waals surface area contributed by atoms with Crippen molar-refractivity contribution < 1.29 is 14.0 Å². The second-order valence-electron chi connectivity index (χ2n) is 7.43. The van der Waals surface area contributed by atoms with Crippen LogP contribution in [-0.2, 0) is 17.9 Å². The molecule has 0 unspecified atom stereocenters. The van der Waals surface area contributed by atoms with E-state index in [-0.39, 0.29) is 24.0 Å². The average molecular weight is 456 g/mol. The van der Waals surface area contributed by atoms with E-state index in [4.69, 9.17) is 5.73 Å². The number of amides is 2. The number of nitrogens with zero attached hydrogens (tertiary/aromatic N) is 4. The molecule has 4 aromatic rings. The summed E-state index contributed by atoms with van der Waals surface area (Å²) in [5, 5.41) is 7.40. The lowest BCUT2D eigenvalue weighted by molar-refractivity contribution is -0.116. The smallest absolute Gasteiger partial charge is 0.267 e. The first-order valence-electron chi connectivity index (χ1n) is 10.4. The van der Waals surface area contributed by atoms with Gasteiger partial charge in [0.15, 0.2) is 0 Å². The molecule has 3 heterocycles. The molecule has 0 radical (unpaired) electrons. The molecule has 9 heteroatoms. The number of nitrogens with two attached hydrogens (primary N) is 1. The molecule has 0 aliphatic rings. The van der Waals surface area contributed by atoms with Crippen LogP contribution in [0, 0.1) is 5.82 Å². The van der Waals surface area contributed by atoms with Crippen LogP contribution in [-0.4, -0.2) is 31.6 Å². The van der Waals surface area contributed by atoms with Crippen molar-refractivity contribution in [3.05, 3.63) is 102 Å². The molecule has 0 aliphatic heterocycles. The summed E-state index contributed by atoms with van der Waals surface area (Å²) in [6, 6.07) is 14.8. The third kappa shape index (κ3) is 5.21. The number of pyridine rings is 2. The maximum absolute atomic E-state index is 13.4. The van der Waals surface area contributed by atoms with Crippen LogP contribution in [0.4, 0.5) is 4.39 Å². The summed E-state index contributed by atoms with van der Waals surface area (Å²) in [5.41, 5.74) is 9.68. The minimum absolute atomic E-state index is 0.184. The van der Waals surface area contributed by atoms with Crippen LogP contribution in [0.2, 0.25) is 0 Å². The molecule has 8 nitrogen and oxygen atoms in total. The Morgan fingerprint density at radius 2 is 1.91 bits per heavy atom. The normalized spacial score (nSPS) is 10.6. The summed E-state index contributed by atoms with van der Waals surface area (Å²) >= 11 is 0. The van der Waals surface area contributed by atoms with Gasteiger partial charge >= 0.3 is 0 Å². The zero-order valence-corrected chi connectivity index (χ0v) is 18.1. The van der Waals surface area contributed by atoms with Gasteiger partial charge in [0, 0.05) is 30.1 Å². The highest BCUT2D eigenvalue weighted by molar-refractivity contribution is 5.90. The molecule has 3 N–H and O–H groups in total. The molecular weight excluding hydrogens is 435 g/mol. The van der Waals surface area contributed by atoms with Gasteiger partial charge in [-0.3, -0.25) is 19.3 Å². The van der Waals surface area contributed by atoms with Crippen molar-refractivity contribution in [2.24, 2.45) is 5.73 Å². The zero-order valence-electron chi connectivity index (χ0n) is 18.1. The molecule has 0 aliphatic carbocycles. The number of nitrogens with one attached hydrogen (secondary N) is 1. The molecule has 3 aromatic heterocycles.